The lowest BCUT2D eigenvalue weighted by molar-refractivity contribution is -0.152. The van der Waals surface area contributed by atoms with Crippen molar-refractivity contribution < 1.29 is 14.3 Å². The molecular formula is C25H42O3. The Morgan fingerprint density at radius 2 is 1.18 bits per heavy atom. The second kappa shape index (κ2) is 17.7. The Kier molecular flexibility index (Phi) is 15.6. The Labute approximate surface area is 173 Å². The predicted octanol–water partition coefficient (Wildman–Crippen LogP) is 7.45. The maximum absolute atomic E-state index is 11.3. The van der Waals surface area contributed by atoms with Gasteiger partial charge in [-0.05, 0) is 38.5 Å². The summed E-state index contributed by atoms with van der Waals surface area (Å²) in [4.78, 5) is 22.3. The summed E-state index contributed by atoms with van der Waals surface area (Å²) in [6, 6.07) is 0. The molecule has 1 aliphatic heterocycles. The highest BCUT2D eigenvalue weighted by molar-refractivity contribution is 5.95. The van der Waals surface area contributed by atoms with Crippen LogP contribution >= 0.6 is 0 Å². The van der Waals surface area contributed by atoms with Gasteiger partial charge in [0.2, 0.25) is 0 Å². The molecule has 3 nitrogen and oxygen atoms in total. The van der Waals surface area contributed by atoms with Crippen LogP contribution in [0.15, 0.2) is 24.3 Å². The summed E-state index contributed by atoms with van der Waals surface area (Å²) in [6.45, 7) is 2.28. The van der Waals surface area contributed by atoms with Crippen LogP contribution in [0, 0.1) is 5.92 Å². The van der Waals surface area contributed by atoms with E-state index in [1.807, 2.05) is 12.2 Å². The van der Waals surface area contributed by atoms with Crippen molar-refractivity contribution in [3.8, 4) is 0 Å². The van der Waals surface area contributed by atoms with E-state index in [-0.39, 0.29) is 12.3 Å². The average molecular weight is 391 g/mol. The standard InChI is InChI=1S/C25H42O3/c1-2-3-4-5-6-7-8-9-10-11-12-13-14-15-16-17-18-19-20-21-23-22-24(26)28-25(23)27/h14-15,20-21,23H,2-13,16-19,22H2,1H3. The quantitative estimate of drug-likeness (QED) is 0.106. The highest BCUT2D eigenvalue weighted by Crippen LogP contribution is 2.17. The molecule has 0 spiro atoms. The van der Waals surface area contributed by atoms with Crippen LogP contribution in [0.5, 0.6) is 0 Å². The third kappa shape index (κ3) is 13.7. The first-order valence-corrected chi connectivity index (χ1v) is 11.8. The zero-order valence-electron chi connectivity index (χ0n) is 18.1. The molecule has 1 aliphatic rings. The van der Waals surface area contributed by atoms with Crippen molar-refractivity contribution in [3.05, 3.63) is 24.3 Å². The highest BCUT2D eigenvalue weighted by Gasteiger charge is 2.30. The van der Waals surface area contributed by atoms with Crippen LogP contribution in [0.4, 0.5) is 0 Å². The first-order valence-electron chi connectivity index (χ1n) is 11.8. The minimum atomic E-state index is -0.400. The SMILES string of the molecule is CCCCCCCCCCCCCC=CCCCCC=CC1CC(=O)OC1=O. The van der Waals surface area contributed by atoms with Crippen LogP contribution < -0.4 is 0 Å². The number of esters is 2. The molecule has 0 aliphatic carbocycles. The maximum Gasteiger partial charge on any atom is 0.321 e. The second-order valence-electron chi connectivity index (χ2n) is 8.11. The molecule has 1 saturated heterocycles. The molecule has 28 heavy (non-hydrogen) atoms. The van der Waals surface area contributed by atoms with Crippen LogP contribution in [0.25, 0.3) is 0 Å². The first-order chi connectivity index (χ1) is 13.7. The third-order valence-electron chi connectivity index (χ3n) is 5.40. The molecule has 0 bridgehead atoms. The van der Waals surface area contributed by atoms with Gasteiger partial charge in [0.1, 0.15) is 0 Å². The fourth-order valence-electron chi connectivity index (χ4n) is 3.59. The monoisotopic (exact) mass is 390 g/mol. The van der Waals surface area contributed by atoms with Gasteiger partial charge in [0.15, 0.2) is 0 Å². The van der Waals surface area contributed by atoms with Gasteiger partial charge in [0.05, 0.1) is 12.3 Å². The Balaban J connectivity index is 1.79. The minimum absolute atomic E-state index is 0.205. The number of allylic oxidation sites excluding steroid dienone is 3. The smallest absolute Gasteiger partial charge is 0.321 e. The molecule has 1 fully saturated rings. The van der Waals surface area contributed by atoms with Gasteiger partial charge in [-0.3, -0.25) is 9.59 Å². The molecular weight excluding hydrogens is 348 g/mol. The van der Waals surface area contributed by atoms with Crippen LogP contribution in [0.3, 0.4) is 0 Å². The molecule has 0 amide bonds. The number of cyclic esters (lactones) is 2. The Bertz CT molecular complexity index is 464. The molecule has 0 radical (unpaired) electrons. The highest BCUT2D eigenvalue weighted by atomic mass is 16.6. The molecule has 1 unspecified atom stereocenters. The van der Waals surface area contributed by atoms with Crippen molar-refractivity contribution in [3.63, 3.8) is 0 Å². The average Bonchev–Trinajstić information content (AvgIpc) is 3.00. The largest absolute Gasteiger partial charge is 0.393 e. The number of unbranched alkanes of at least 4 members (excludes halogenated alkanes) is 14. The third-order valence-corrected chi connectivity index (χ3v) is 5.40. The molecule has 1 heterocycles. The summed E-state index contributed by atoms with van der Waals surface area (Å²) in [5.41, 5.74) is 0. The zero-order valence-corrected chi connectivity index (χ0v) is 18.1. The van der Waals surface area contributed by atoms with Gasteiger partial charge < -0.3 is 4.74 Å². The van der Waals surface area contributed by atoms with Gasteiger partial charge in [0.25, 0.3) is 0 Å². The minimum Gasteiger partial charge on any atom is -0.393 e. The van der Waals surface area contributed by atoms with E-state index in [2.05, 4.69) is 23.8 Å². The molecule has 160 valence electrons. The van der Waals surface area contributed by atoms with Gasteiger partial charge in [0, 0.05) is 0 Å². The van der Waals surface area contributed by atoms with Crippen LogP contribution in [0.1, 0.15) is 116 Å². The van der Waals surface area contributed by atoms with Crippen molar-refractivity contribution in [2.75, 3.05) is 0 Å². The molecule has 1 rings (SSSR count). The molecule has 1 atom stereocenters. The van der Waals surface area contributed by atoms with Gasteiger partial charge in [-0.2, -0.15) is 0 Å². The summed E-state index contributed by atoms with van der Waals surface area (Å²) in [5, 5.41) is 0. The van der Waals surface area contributed by atoms with E-state index in [0.29, 0.717) is 0 Å². The van der Waals surface area contributed by atoms with E-state index in [4.69, 9.17) is 0 Å². The van der Waals surface area contributed by atoms with E-state index < -0.39 is 11.9 Å². The number of carbonyl (C=O) groups is 2. The van der Waals surface area contributed by atoms with Gasteiger partial charge in [-0.15, -0.1) is 0 Å². The number of hydrogen-bond donors (Lipinski definition) is 0. The fraction of sp³-hybridized carbons (Fsp3) is 0.760. The maximum atomic E-state index is 11.3. The van der Waals surface area contributed by atoms with E-state index in [1.54, 1.807) is 0 Å². The van der Waals surface area contributed by atoms with E-state index in [0.717, 1.165) is 19.3 Å². The van der Waals surface area contributed by atoms with E-state index >= 15 is 0 Å². The van der Waals surface area contributed by atoms with Gasteiger partial charge in [-0.1, -0.05) is 95.4 Å². The molecule has 0 aromatic heterocycles. The summed E-state index contributed by atoms with van der Waals surface area (Å²) in [5.74, 6) is -1.15. The molecule has 3 heteroatoms. The Morgan fingerprint density at radius 1 is 0.714 bits per heavy atom. The number of ether oxygens (including phenoxy) is 1. The number of rotatable bonds is 18. The van der Waals surface area contributed by atoms with Crippen molar-refractivity contribution in [2.24, 2.45) is 5.92 Å². The van der Waals surface area contributed by atoms with Crippen molar-refractivity contribution in [2.45, 2.75) is 116 Å². The lowest BCUT2D eigenvalue weighted by atomic mass is 10.0. The molecule has 0 N–H and O–H groups in total. The van der Waals surface area contributed by atoms with Crippen molar-refractivity contribution >= 4 is 11.9 Å². The van der Waals surface area contributed by atoms with Crippen LogP contribution in [-0.2, 0) is 14.3 Å². The molecule has 0 aromatic rings. The molecule has 0 aromatic carbocycles. The lowest BCUT2D eigenvalue weighted by Crippen LogP contribution is -2.03. The van der Waals surface area contributed by atoms with Crippen molar-refractivity contribution in [1.82, 2.24) is 0 Å². The van der Waals surface area contributed by atoms with E-state index in [1.165, 1.54) is 83.5 Å². The lowest BCUT2D eigenvalue weighted by Gasteiger charge is -2.01. The summed E-state index contributed by atoms with van der Waals surface area (Å²) < 4.78 is 4.53. The van der Waals surface area contributed by atoms with Crippen LogP contribution in [-0.4, -0.2) is 11.9 Å². The zero-order chi connectivity index (χ0) is 20.3. The Hall–Kier alpha value is -1.38. The summed E-state index contributed by atoms with van der Waals surface area (Å²) >= 11 is 0. The van der Waals surface area contributed by atoms with Gasteiger partial charge in [-0.25, -0.2) is 0 Å². The topological polar surface area (TPSA) is 43.4 Å². The normalized spacial score (nSPS) is 17.2. The predicted molar refractivity (Wildman–Crippen MR) is 117 cm³/mol. The number of hydrogen-bond acceptors (Lipinski definition) is 3. The van der Waals surface area contributed by atoms with Crippen molar-refractivity contribution in [1.29, 1.82) is 0 Å². The number of carbonyl (C=O) groups excluding carboxylic acids is 2. The summed E-state index contributed by atoms with van der Waals surface area (Å²) in [7, 11) is 0. The second-order valence-corrected chi connectivity index (χ2v) is 8.11. The molecule has 0 saturated carbocycles. The van der Waals surface area contributed by atoms with E-state index in [9.17, 15) is 9.59 Å². The van der Waals surface area contributed by atoms with Crippen LogP contribution in [0.2, 0.25) is 0 Å². The fourth-order valence-corrected chi connectivity index (χ4v) is 3.59. The van der Waals surface area contributed by atoms with Gasteiger partial charge >= 0.3 is 11.9 Å². The Morgan fingerprint density at radius 3 is 1.68 bits per heavy atom. The first kappa shape index (κ1) is 24.7. The summed E-state index contributed by atoms with van der Waals surface area (Å²) in [6.07, 6.45) is 29.7.